The number of thiazole rings is 1. The van der Waals surface area contributed by atoms with Gasteiger partial charge < -0.3 is 5.32 Å². The Kier molecular flexibility index (Phi) is 3.91. The molecule has 0 radical (unpaired) electrons. The van der Waals surface area contributed by atoms with Crippen molar-refractivity contribution >= 4 is 34.0 Å². The smallest absolute Gasteiger partial charge is 0.315 e. The van der Waals surface area contributed by atoms with Gasteiger partial charge in [-0.3, -0.25) is 14.9 Å². The van der Waals surface area contributed by atoms with Crippen LogP contribution in [0.15, 0.2) is 29.8 Å². The maximum Gasteiger partial charge on any atom is 0.315 e. The van der Waals surface area contributed by atoms with Crippen LogP contribution in [-0.2, 0) is 9.59 Å². The summed E-state index contributed by atoms with van der Waals surface area (Å²) in [6, 6.07) is 5.48. The van der Waals surface area contributed by atoms with E-state index in [1.165, 1.54) is 11.3 Å². The highest BCUT2D eigenvalue weighted by Gasteiger charge is 2.15. The molecule has 0 saturated heterocycles. The molecule has 2 rings (SSSR count). The third-order valence-corrected chi connectivity index (χ3v) is 3.31. The lowest BCUT2D eigenvalue weighted by molar-refractivity contribution is -0.132. The van der Waals surface area contributed by atoms with Gasteiger partial charge in [0, 0.05) is 17.3 Å². The molecule has 2 aromatic rings. The molecule has 1 aromatic carbocycles. The van der Waals surface area contributed by atoms with Crippen LogP contribution in [0.2, 0.25) is 0 Å². The van der Waals surface area contributed by atoms with E-state index in [2.05, 4.69) is 15.6 Å². The molecule has 2 N–H and O–H groups in total. The number of amides is 2. The van der Waals surface area contributed by atoms with Gasteiger partial charge in [0.25, 0.3) is 0 Å². The molecule has 1 heterocycles. The number of benzene rings is 1. The van der Waals surface area contributed by atoms with Crippen LogP contribution in [0.5, 0.6) is 0 Å². The van der Waals surface area contributed by atoms with E-state index >= 15 is 0 Å². The first-order chi connectivity index (χ1) is 9.06. The van der Waals surface area contributed by atoms with E-state index in [0.717, 1.165) is 11.1 Å². The first kappa shape index (κ1) is 13.2. The lowest BCUT2D eigenvalue weighted by Crippen LogP contribution is -2.29. The minimum Gasteiger partial charge on any atom is -0.318 e. The lowest BCUT2D eigenvalue weighted by atomic mass is 10.1. The Labute approximate surface area is 114 Å². The summed E-state index contributed by atoms with van der Waals surface area (Å²) in [4.78, 5) is 27.2. The van der Waals surface area contributed by atoms with Crippen molar-refractivity contribution in [2.24, 2.45) is 0 Å². The fourth-order valence-electron chi connectivity index (χ4n) is 1.45. The first-order valence-corrected chi connectivity index (χ1v) is 6.53. The Bertz CT molecular complexity index is 608. The summed E-state index contributed by atoms with van der Waals surface area (Å²) in [5.41, 5.74) is 2.78. The van der Waals surface area contributed by atoms with Crippen molar-refractivity contribution in [1.82, 2.24) is 4.98 Å². The molecule has 0 aliphatic heterocycles. The Balaban J connectivity index is 2.00. The molecule has 0 aliphatic carbocycles. The number of nitrogens with zero attached hydrogens (tertiary/aromatic N) is 1. The molecule has 19 heavy (non-hydrogen) atoms. The molecule has 0 atom stereocenters. The number of hydrogen-bond acceptors (Lipinski definition) is 4. The van der Waals surface area contributed by atoms with Crippen molar-refractivity contribution in [2.45, 2.75) is 13.8 Å². The molecule has 0 aliphatic rings. The second-order valence-electron chi connectivity index (χ2n) is 4.04. The van der Waals surface area contributed by atoms with Crippen molar-refractivity contribution in [3.8, 4) is 0 Å². The molecular weight excluding hydrogens is 262 g/mol. The monoisotopic (exact) mass is 275 g/mol. The van der Waals surface area contributed by atoms with Gasteiger partial charge in [-0.1, -0.05) is 6.07 Å². The van der Waals surface area contributed by atoms with Crippen LogP contribution in [0.25, 0.3) is 0 Å². The van der Waals surface area contributed by atoms with Crippen LogP contribution in [0.4, 0.5) is 10.8 Å². The van der Waals surface area contributed by atoms with E-state index in [1.54, 1.807) is 17.6 Å². The van der Waals surface area contributed by atoms with E-state index in [0.29, 0.717) is 10.8 Å². The summed E-state index contributed by atoms with van der Waals surface area (Å²) < 4.78 is 0. The van der Waals surface area contributed by atoms with Crippen LogP contribution in [-0.4, -0.2) is 16.8 Å². The molecule has 0 unspecified atom stereocenters. The Morgan fingerprint density at radius 1 is 1.11 bits per heavy atom. The van der Waals surface area contributed by atoms with Crippen molar-refractivity contribution in [3.05, 3.63) is 40.9 Å². The number of nitrogens with one attached hydrogen (secondary N) is 2. The van der Waals surface area contributed by atoms with Crippen molar-refractivity contribution < 1.29 is 9.59 Å². The number of hydrogen-bond donors (Lipinski definition) is 2. The third-order valence-electron chi connectivity index (χ3n) is 2.62. The molecule has 0 fully saturated rings. The Morgan fingerprint density at radius 3 is 2.47 bits per heavy atom. The number of anilines is 2. The molecule has 0 bridgehead atoms. The van der Waals surface area contributed by atoms with Gasteiger partial charge in [0.1, 0.15) is 0 Å². The van der Waals surface area contributed by atoms with Crippen molar-refractivity contribution in [2.75, 3.05) is 10.6 Å². The number of carbonyl (C=O) groups is 2. The minimum absolute atomic E-state index is 0.403. The lowest BCUT2D eigenvalue weighted by Gasteiger charge is -2.07. The van der Waals surface area contributed by atoms with Crippen LogP contribution >= 0.6 is 11.3 Å². The summed E-state index contributed by atoms with van der Waals surface area (Å²) in [5, 5.41) is 7.09. The van der Waals surface area contributed by atoms with E-state index in [4.69, 9.17) is 0 Å². The molecule has 5 nitrogen and oxygen atoms in total. The SMILES string of the molecule is Cc1ccc(NC(=O)C(=O)Nc2nccs2)cc1C. The van der Waals surface area contributed by atoms with Gasteiger partial charge in [-0.2, -0.15) is 0 Å². The molecule has 6 heteroatoms. The predicted octanol–water partition coefficient (Wildman–Crippen LogP) is 2.34. The second kappa shape index (κ2) is 5.62. The Morgan fingerprint density at radius 2 is 1.84 bits per heavy atom. The van der Waals surface area contributed by atoms with Gasteiger partial charge in [-0.25, -0.2) is 4.98 Å². The zero-order valence-corrected chi connectivity index (χ0v) is 11.4. The standard InChI is InChI=1S/C13H13N3O2S/c1-8-3-4-10(7-9(8)2)15-11(17)12(18)16-13-14-5-6-19-13/h3-7H,1-2H3,(H,15,17)(H,14,16,18). The average Bonchev–Trinajstić information content (AvgIpc) is 2.86. The highest BCUT2D eigenvalue weighted by atomic mass is 32.1. The fraction of sp³-hybridized carbons (Fsp3) is 0.154. The van der Waals surface area contributed by atoms with Crippen molar-refractivity contribution in [1.29, 1.82) is 0 Å². The average molecular weight is 275 g/mol. The topological polar surface area (TPSA) is 71.1 Å². The number of rotatable bonds is 2. The van der Waals surface area contributed by atoms with Crippen LogP contribution in [0.1, 0.15) is 11.1 Å². The highest BCUT2D eigenvalue weighted by Crippen LogP contribution is 2.14. The van der Waals surface area contributed by atoms with Gasteiger partial charge >= 0.3 is 11.8 Å². The van der Waals surface area contributed by atoms with Gasteiger partial charge in [0.05, 0.1) is 0 Å². The van der Waals surface area contributed by atoms with Crippen LogP contribution in [0, 0.1) is 13.8 Å². The molecular formula is C13H13N3O2S. The molecule has 0 saturated carbocycles. The summed E-state index contributed by atoms with van der Waals surface area (Å²) in [5.74, 6) is -1.44. The third kappa shape index (κ3) is 3.38. The summed E-state index contributed by atoms with van der Waals surface area (Å²) in [7, 11) is 0. The van der Waals surface area contributed by atoms with E-state index < -0.39 is 11.8 Å². The largest absolute Gasteiger partial charge is 0.318 e. The minimum atomic E-state index is -0.729. The maximum absolute atomic E-state index is 11.7. The number of carbonyl (C=O) groups excluding carboxylic acids is 2. The quantitative estimate of drug-likeness (QED) is 0.826. The van der Waals surface area contributed by atoms with Gasteiger partial charge in [0.15, 0.2) is 5.13 Å². The number of aromatic nitrogens is 1. The van der Waals surface area contributed by atoms with Gasteiger partial charge in [-0.15, -0.1) is 11.3 Å². The molecule has 0 spiro atoms. The van der Waals surface area contributed by atoms with Gasteiger partial charge in [0.2, 0.25) is 0 Å². The van der Waals surface area contributed by atoms with Gasteiger partial charge in [-0.05, 0) is 37.1 Å². The zero-order chi connectivity index (χ0) is 13.8. The Hall–Kier alpha value is -2.21. The predicted molar refractivity (Wildman–Crippen MR) is 75.3 cm³/mol. The molecule has 98 valence electrons. The maximum atomic E-state index is 11.7. The number of aryl methyl sites for hydroxylation is 2. The first-order valence-electron chi connectivity index (χ1n) is 5.65. The highest BCUT2D eigenvalue weighted by molar-refractivity contribution is 7.13. The van der Waals surface area contributed by atoms with E-state index in [-0.39, 0.29) is 0 Å². The zero-order valence-electron chi connectivity index (χ0n) is 10.6. The normalized spacial score (nSPS) is 10.0. The van der Waals surface area contributed by atoms with Crippen LogP contribution < -0.4 is 10.6 Å². The summed E-state index contributed by atoms with van der Waals surface area (Å²) in [6.45, 7) is 3.93. The molecule has 2 amide bonds. The van der Waals surface area contributed by atoms with Crippen molar-refractivity contribution in [3.63, 3.8) is 0 Å². The fourth-order valence-corrected chi connectivity index (χ4v) is 1.97. The van der Waals surface area contributed by atoms with E-state index in [9.17, 15) is 9.59 Å². The second-order valence-corrected chi connectivity index (χ2v) is 4.94. The summed E-state index contributed by atoms with van der Waals surface area (Å²) >= 11 is 1.26. The van der Waals surface area contributed by atoms with Crippen LogP contribution in [0.3, 0.4) is 0 Å². The summed E-state index contributed by atoms with van der Waals surface area (Å²) in [6.07, 6.45) is 1.56. The molecule has 1 aromatic heterocycles. The van der Waals surface area contributed by atoms with E-state index in [1.807, 2.05) is 26.0 Å².